The molecule has 1 N–H and O–H groups in total. The van der Waals surface area contributed by atoms with Crippen molar-refractivity contribution in [2.75, 3.05) is 5.75 Å². The Labute approximate surface area is 93.8 Å². The zero-order valence-corrected chi connectivity index (χ0v) is 6.81. The maximum atomic E-state index is 10.5. The molecule has 0 saturated carbocycles. The van der Waals surface area contributed by atoms with Gasteiger partial charge in [-0.15, -0.1) is 0 Å². The van der Waals surface area contributed by atoms with Crippen LogP contribution >= 0.6 is 0 Å². The minimum atomic E-state index is -4.03. The van der Waals surface area contributed by atoms with Crippen molar-refractivity contribution in [2.45, 2.75) is 13.3 Å². The number of Topliss-reactive ketones (excluding diaryl/α,β-unsaturated/α-hetero) is 1. The first-order chi connectivity index (χ1) is 4.95. The maximum absolute atomic E-state index is 10.5. The van der Waals surface area contributed by atoms with Crippen LogP contribution in [0.5, 0.6) is 0 Å². The molecule has 0 aliphatic heterocycles. The fraction of sp³-hybridized carbons (Fsp3) is 0.500. The Balaban J connectivity index is 0. The van der Waals surface area contributed by atoms with Crippen LogP contribution in [0.1, 0.15) is 13.3 Å². The second kappa shape index (κ2) is 6.63. The zero-order chi connectivity index (χ0) is 8.91. The molecule has 0 aromatic rings. The van der Waals surface area contributed by atoms with Crippen LogP contribution in [0.15, 0.2) is 0 Å². The Morgan fingerprint density at radius 1 is 1.50 bits per heavy atom. The molecule has 64 valence electrons. The molecule has 0 rings (SSSR count). The molecule has 0 spiro atoms. The first-order valence-corrected chi connectivity index (χ1v) is 4.47. The van der Waals surface area contributed by atoms with Crippen LogP contribution in [0, 0.1) is 11.8 Å². The molecule has 0 aromatic heterocycles. The summed E-state index contributed by atoms with van der Waals surface area (Å²) in [5.41, 5.74) is 0. The molecule has 0 aliphatic rings. The molecule has 0 amide bonds. The van der Waals surface area contributed by atoms with E-state index in [9.17, 15) is 13.2 Å². The molecule has 4 nitrogen and oxygen atoms in total. The Kier molecular flexibility index (Phi) is 8.10. The van der Waals surface area contributed by atoms with E-state index in [0.29, 0.717) is 0 Å². The third-order valence-electron chi connectivity index (χ3n) is 0.851. The topological polar surface area (TPSA) is 71.4 Å². The minimum absolute atomic E-state index is 0. The Hall–Kier alpha value is 0.140. The molecule has 0 atom stereocenters. The van der Waals surface area contributed by atoms with E-state index in [1.165, 1.54) is 6.92 Å². The van der Waals surface area contributed by atoms with Gasteiger partial charge in [0.05, 0.1) is 5.75 Å². The van der Waals surface area contributed by atoms with E-state index in [-0.39, 0.29) is 36.0 Å². The summed E-state index contributed by atoms with van der Waals surface area (Å²) in [6.07, 6.45) is -0.250. The van der Waals surface area contributed by atoms with E-state index < -0.39 is 21.7 Å². The van der Waals surface area contributed by atoms with Crippen molar-refractivity contribution in [2.24, 2.45) is 0 Å². The molecule has 0 unspecified atom stereocenters. The second-order valence-corrected chi connectivity index (χ2v) is 3.41. The average Bonchev–Trinajstić information content (AvgIpc) is 1.83. The molecule has 0 heterocycles. The number of carbonyl (C=O) groups excluding carboxylic acids is 1. The summed E-state index contributed by atoms with van der Waals surface area (Å²) in [6, 6.07) is 0. The van der Waals surface area contributed by atoms with E-state index in [1.54, 1.807) is 0 Å². The SMILES string of the molecule is CC#CC(=O)CCS(=O)(=O)O.[NaH]. The summed E-state index contributed by atoms with van der Waals surface area (Å²) in [5, 5.41) is 0. The van der Waals surface area contributed by atoms with Crippen LogP contribution in [-0.4, -0.2) is 54.1 Å². The van der Waals surface area contributed by atoms with E-state index >= 15 is 0 Å². The van der Waals surface area contributed by atoms with Crippen molar-refractivity contribution in [3.63, 3.8) is 0 Å². The summed E-state index contributed by atoms with van der Waals surface area (Å²) in [5.74, 6) is 3.44. The van der Waals surface area contributed by atoms with Gasteiger partial charge in [-0.05, 0) is 12.8 Å². The van der Waals surface area contributed by atoms with Gasteiger partial charge in [0.1, 0.15) is 0 Å². The van der Waals surface area contributed by atoms with Gasteiger partial charge < -0.3 is 0 Å². The van der Waals surface area contributed by atoms with Crippen molar-refractivity contribution in [1.29, 1.82) is 0 Å². The van der Waals surface area contributed by atoms with E-state index in [4.69, 9.17) is 4.55 Å². The predicted molar refractivity (Wildman–Crippen MR) is 46.6 cm³/mol. The number of rotatable bonds is 3. The molecular weight excluding hydrogens is 191 g/mol. The standard InChI is InChI=1S/C6H8O4S.Na.H/c1-2-3-6(7)4-5-11(8,9)10;;/h4-5H2,1H3,(H,8,9,10);;. The van der Waals surface area contributed by atoms with Gasteiger partial charge in [0, 0.05) is 6.42 Å². The van der Waals surface area contributed by atoms with Gasteiger partial charge in [-0.3, -0.25) is 9.35 Å². The monoisotopic (exact) mass is 200 g/mol. The van der Waals surface area contributed by atoms with E-state index in [2.05, 4.69) is 11.8 Å². The number of hydrogen-bond donors (Lipinski definition) is 1. The van der Waals surface area contributed by atoms with Crippen molar-refractivity contribution in [1.82, 2.24) is 0 Å². The summed E-state index contributed by atoms with van der Waals surface area (Å²) in [6.45, 7) is 1.48. The van der Waals surface area contributed by atoms with Crippen molar-refractivity contribution in [3.8, 4) is 11.8 Å². The zero-order valence-electron chi connectivity index (χ0n) is 5.99. The molecule has 0 bridgehead atoms. The first-order valence-electron chi connectivity index (χ1n) is 2.86. The van der Waals surface area contributed by atoms with Gasteiger partial charge in [0.15, 0.2) is 0 Å². The van der Waals surface area contributed by atoms with Crippen LogP contribution in [0.4, 0.5) is 0 Å². The van der Waals surface area contributed by atoms with Crippen molar-refractivity contribution < 1.29 is 17.8 Å². The normalized spacial score (nSPS) is 9.17. The fourth-order valence-corrected chi connectivity index (χ4v) is 0.867. The van der Waals surface area contributed by atoms with Crippen LogP contribution in [0.25, 0.3) is 0 Å². The van der Waals surface area contributed by atoms with Crippen LogP contribution < -0.4 is 0 Å². The first kappa shape index (κ1) is 14.7. The number of carbonyl (C=O) groups is 1. The van der Waals surface area contributed by atoms with Crippen LogP contribution in [-0.2, 0) is 14.9 Å². The van der Waals surface area contributed by atoms with Gasteiger partial charge in [-0.25, -0.2) is 0 Å². The molecular formula is C6H9NaO4S. The summed E-state index contributed by atoms with van der Waals surface area (Å²) < 4.78 is 28.4. The fourth-order valence-electron chi connectivity index (χ4n) is 0.424. The van der Waals surface area contributed by atoms with Crippen molar-refractivity contribution >= 4 is 45.5 Å². The summed E-state index contributed by atoms with van der Waals surface area (Å²) in [4.78, 5) is 10.5. The number of ketones is 1. The van der Waals surface area contributed by atoms with Crippen molar-refractivity contribution in [3.05, 3.63) is 0 Å². The van der Waals surface area contributed by atoms with E-state index in [0.717, 1.165) is 0 Å². The van der Waals surface area contributed by atoms with Gasteiger partial charge in [0.2, 0.25) is 5.78 Å². The molecule has 0 radical (unpaired) electrons. The van der Waals surface area contributed by atoms with Crippen LogP contribution in [0.2, 0.25) is 0 Å². The molecule has 0 aliphatic carbocycles. The Morgan fingerprint density at radius 2 is 2.00 bits per heavy atom. The van der Waals surface area contributed by atoms with Crippen LogP contribution in [0.3, 0.4) is 0 Å². The van der Waals surface area contributed by atoms with Gasteiger partial charge in [0.25, 0.3) is 10.1 Å². The van der Waals surface area contributed by atoms with Gasteiger partial charge in [-0.1, -0.05) is 5.92 Å². The van der Waals surface area contributed by atoms with E-state index in [1.807, 2.05) is 0 Å². The quantitative estimate of drug-likeness (QED) is 0.280. The summed E-state index contributed by atoms with van der Waals surface area (Å²) >= 11 is 0. The molecule has 0 fully saturated rings. The number of hydrogen-bond acceptors (Lipinski definition) is 3. The average molecular weight is 200 g/mol. The predicted octanol–water partition coefficient (Wildman–Crippen LogP) is -0.792. The Bertz CT molecular complexity index is 295. The molecule has 0 aromatic carbocycles. The van der Waals surface area contributed by atoms with Gasteiger partial charge >= 0.3 is 29.6 Å². The molecule has 0 saturated heterocycles. The Morgan fingerprint density at radius 3 is 2.33 bits per heavy atom. The molecule has 6 heteroatoms. The second-order valence-electron chi connectivity index (χ2n) is 1.83. The third kappa shape index (κ3) is 10.1. The third-order valence-corrected chi connectivity index (χ3v) is 1.57. The van der Waals surface area contributed by atoms with Gasteiger partial charge in [-0.2, -0.15) is 8.42 Å². The summed E-state index contributed by atoms with van der Waals surface area (Å²) in [7, 11) is -4.03. The molecule has 12 heavy (non-hydrogen) atoms.